The molecule has 0 bridgehead atoms. The van der Waals surface area contributed by atoms with Crippen LogP contribution in [0.5, 0.6) is 0 Å². The van der Waals surface area contributed by atoms with Crippen molar-refractivity contribution in [2.24, 2.45) is 11.7 Å². The van der Waals surface area contributed by atoms with Crippen molar-refractivity contribution >= 4 is 22.4 Å². The average molecular weight is 327 g/mol. The molecule has 2 N–H and O–H groups in total. The highest BCUT2D eigenvalue weighted by Gasteiger charge is 2.32. The Hall–Kier alpha value is -0.760. The number of rotatable bonds is 2. The first-order valence-electron chi connectivity index (χ1n) is 6.02. The van der Waals surface area contributed by atoms with Crippen LogP contribution in [0.3, 0.4) is 0 Å². The van der Waals surface area contributed by atoms with Gasteiger partial charge < -0.3 is 5.73 Å². The van der Waals surface area contributed by atoms with E-state index in [0.717, 1.165) is 12.1 Å². The zero-order chi connectivity index (χ0) is 14.2. The highest BCUT2D eigenvalue weighted by atomic mass is 35.5. The first-order chi connectivity index (χ1) is 8.80. The van der Waals surface area contributed by atoms with Crippen LogP contribution in [0.25, 0.3) is 0 Å². The lowest BCUT2D eigenvalue weighted by molar-refractivity contribution is 0.250. The highest BCUT2D eigenvalue weighted by molar-refractivity contribution is 7.89. The first kappa shape index (κ1) is 17.3. The van der Waals surface area contributed by atoms with Crippen LogP contribution in [-0.2, 0) is 10.0 Å². The molecule has 1 saturated heterocycles. The summed E-state index contributed by atoms with van der Waals surface area (Å²) in [6.07, 6.45) is 0.540. The molecule has 0 spiro atoms. The minimum Gasteiger partial charge on any atom is -0.327 e. The molecule has 0 radical (unpaired) electrons. The van der Waals surface area contributed by atoms with Gasteiger partial charge in [0.05, 0.1) is 4.90 Å². The molecule has 0 saturated carbocycles. The lowest BCUT2D eigenvalue weighted by atomic mass is 9.96. The number of nitrogens with zero attached hydrogens (tertiary/aromatic N) is 1. The van der Waals surface area contributed by atoms with Crippen molar-refractivity contribution in [3.8, 4) is 0 Å². The summed E-state index contributed by atoms with van der Waals surface area (Å²) in [5, 5.41) is 0. The Balaban J connectivity index is 0.00000200. The number of hydrogen-bond acceptors (Lipinski definition) is 3. The van der Waals surface area contributed by atoms with Crippen LogP contribution in [0, 0.1) is 17.6 Å². The number of benzene rings is 1. The summed E-state index contributed by atoms with van der Waals surface area (Å²) >= 11 is 0. The monoisotopic (exact) mass is 326 g/mol. The Kier molecular flexibility index (Phi) is 5.48. The smallest absolute Gasteiger partial charge is 0.243 e. The van der Waals surface area contributed by atoms with E-state index in [1.54, 1.807) is 0 Å². The number of halogens is 3. The van der Waals surface area contributed by atoms with Gasteiger partial charge in [0, 0.05) is 25.2 Å². The number of sulfonamides is 1. The summed E-state index contributed by atoms with van der Waals surface area (Å²) in [5.74, 6) is -1.79. The lowest BCUT2D eigenvalue weighted by Gasteiger charge is -2.34. The van der Waals surface area contributed by atoms with Crippen molar-refractivity contribution in [3.63, 3.8) is 0 Å². The maximum absolute atomic E-state index is 13.1. The van der Waals surface area contributed by atoms with Gasteiger partial charge in [0.25, 0.3) is 0 Å². The van der Waals surface area contributed by atoms with E-state index in [2.05, 4.69) is 0 Å². The maximum atomic E-state index is 13.1. The van der Waals surface area contributed by atoms with Crippen LogP contribution in [0.4, 0.5) is 8.78 Å². The molecule has 20 heavy (non-hydrogen) atoms. The Bertz CT molecular complexity index is 563. The van der Waals surface area contributed by atoms with Crippen LogP contribution in [0.1, 0.15) is 13.3 Å². The fraction of sp³-hybridized carbons (Fsp3) is 0.500. The predicted octanol–water partition coefficient (Wildman–Crippen LogP) is 1.74. The number of nitrogens with two attached hydrogens (primary N) is 1. The standard InChI is InChI=1S/C12H16F2N2O2S.ClH/c1-8-7-16(3-2-12(8)15)19(17,18)11-5-9(13)4-10(14)6-11;/h4-6,8,12H,2-3,7,15H2,1H3;1H. The zero-order valence-corrected chi connectivity index (χ0v) is 12.6. The molecular weight excluding hydrogens is 310 g/mol. The summed E-state index contributed by atoms with van der Waals surface area (Å²) in [4.78, 5) is -0.354. The van der Waals surface area contributed by atoms with Crippen LogP contribution in [-0.4, -0.2) is 31.9 Å². The molecule has 1 aliphatic rings. The molecule has 0 aliphatic carbocycles. The molecule has 2 unspecified atom stereocenters. The van der Waals surface area contributed by atoms with Crippen molar-refractivity contribution in [2.75, 3.05) is 13.1 Å². The van der Waals surface area contributed by atoms with Crippen molar-refractivity contribution in [3.05, 3.63) is 29.8 Å². The topological polar surface area (TPSA) is 63.4 Å². The fourth-order valence-corrected chi connectivity index (χ4v) is 3.77. The van der Waals surface area contributed by atoms with Crippen molar-refractivity contribution in [2.45, 2.75) is 24.3 Å². The van der Waals surface area contributed by atoms with Gasteiger partial charge in [0.2, 0.25) is 10.0 Å². The third kappa shape index (κ3) is 3.46. The van der Waals surface area contributed by atoms with E-state index in [0.29, 0.717) is 12.5 Å². The van der Waals surface area contributed by atoms with E-state index in [9.17, 15) is 17.2 Å². The summed E-state index contributed by atoms with van der Waals surface area (Å²) in [6.45, 7) is 2.39. The molecule has 2 atom stereocenters. The van der Waals surface area contributed by atoms with Crippen molar-refractivity contribution in [1.29, 1.82) is 0 Å². The van der Waals surface area contributed by atoms with E-state index in [-0.39, 0.29) is 42.4 Å². The lowest BCUT2D eigenvalue weighted by Crippen LogP contribution is -2.48. The summed E-state index contributed by atoms with van der Waals surface area (Å²) < 4.78 is 52.1. The molecule has 1 heterocycles. The third-order valence-corrected chi connectivity index (χ3v) is 5.25. The van der Waals surface area contributed by atoms with Crippen molar-refractivity contribution < 1.29 is 17.2 Å². The normalized spacial score (nSPS) is 24.2. The van der Waals surface area contributed by atoms with Crippen LogP contribution in [0.15, 0.2) is 23.1 Å². The van der Waals surface area contributed by atoms with Gasteiger partial charge in [-0.05, 0) is 24.5 Å². The minimum atomic E-state index is -3.87. The zero-order valence-electron chi connectivity index (χ0n) is 10.9. The Morgan fingerprint density at radius 1 is 1.25 bits per heavy atom. The SMILES string of the molecule is CC1CN(S(=O)(=O)c2cc(F)cc(F)c2)CCC1N.Cl. The van der Waals surface area contributed by atoms with Crippen LogP contribution < -0.4 is 5.73 Å². The third-order valence-electron chi connectivity index (χ3n) is 3.41. The van der Waals surface area contributed by atoms with Gasteiger partial charge in [-0.25, -0.2) is 17.2 Å². The minimum absolute atomic E-state index is 0. The number of piperidine rings is 1. The largest absolute Gasteiger partial charge is 0.327 e. The molecule has 0 amide bonds. The van der Waals surface area contributed by atoms with E-state index >= 15 is 0 Å². The van der Waals surface area contributed by atoms with Gasteiger partial charge in [-0.15, -0.1) is 12.4 Å². The van der Waals surface area contributed by atoms with Crippen LogP contribution >= 0.6 is 12.4 Å². The second-order valence-electron chi connectivity index (χ2n) is 4.90. The Morgan fingerprint density at radius 3 is 2.30 bits per heavy atom. The summed E-state index contributed by atoms with van der Waals surface area (Å²) in [7, 11) is -3.87. The van der Waals surface area contributed by atoms with Gasteiger partial charge in [-0.3, -0.25) is 0 Å². The maximum Gasteiger partial charge on any atom is 0.243 e. The Morgan fingerprint density at radius 2 is 1.80 bits per heavy atom. The molecule has 0 aromatic heterocycles. The molecule has 114 valence electrons. The second kappa shape index (κ2) is 6.34. The average Bonchev–Trinajstić information content (AvgIpc) is 2.31. The molecule has 4 nitrogen and oxygen atoms in total. The van der Waals surface area contributed by atoms with Crippen LogP contribution in [0.2, 0.25) is 0 Å². The summed E-state index contributed by atoms with van der Waals surface area (Å²) in [5.41, 5.74) is 5.83. The van der Waals surface area contributed by atoms with Gasteiger partial charge >= 0.3 is 0 Å². The molecular formula is C12H17ClF2N2O2S. The highest BCUT2D eigenvalue weighted by Crippen LogP contribution is 2.24. The quantitative estimate of drug-likeness (QED) is 0.900. The van der Waals surface area contributed by atoms with E-state index in [1.807, 2.05) is 6.92 Å². The second-order valence-corrected chi connectivity index (χ2v) is 6.84. The fourth-order valence-electron chi connectivity index (χ4n) is 2.17. The Labute approximate surface area is 123 Å². The van der Waals surface area contributed by atoms with Gasteiger partial charge in [-0.2, -0.15) is 4.31 Å². The molecule has 2 rings (SSSR count). The summed E-state index contributed by atoms with van der Waals surface area (Å²) in [6, 6.07) is 2.26. The van der Waals surface area contributed by atoms with E-state index in [4.69, 9.17) is 5.73 Å². The molecule has 1 fully saturated rings. The predicted molar refractivity (Wildman–Crippen MR) is 74.1 cm³/mol. The van der Waals surface area contributed by atoms with E-state index < -0.39 is 21.7 Å². The van der Waals surface area contributed by atoms with Gasteiger partial charge in [0.1, 0.15) is 11.6 Å². The first-order valence-corrected chi connectivity index (χ1v) is 7.46. The molecule has 8 heteroatoms. The van der Waals surface area contributed by atoms with Gasteiger partial charge in [-0.1, -0.05) is 6.92 Å². The molecule has 1 aromatic carbocycles. The number of hydrogen-bond donors (Lipinski definition) is 1. The van der Waals surface area contributed by atoms with Crippen molar-refractivity contribution in [1.82, 2.24) is 4.31 Å². The molecule has 1 aliphatic heterocycles. The molecule has 1 aromatic rings. The van der Waals surface area contributed by atoms with Gasteiger partial charge in [0.15, 0.2) is 0 Å². The van der Waals surface area contributed by atoms with E-state index in [1.165, 1.54) is 4.31 Å².